The number of ether oxygens (including phenoxy) is 1. The molecule has 0 aliphatic carbocycles. The fourth-order valence-electron chi connectivity index (χ4n) is 3.71. The maximum atomic E-state index is 12.4. The zero-order chi connectivity index (χ0) is 19.9. The molecule has 9 heteroatoms. The molecule has 2 atom stereocenters. The molecule has 2 N–H and O–H groups in total. The van der Waals surface area contributed by atoms with Crippen molar-refractivity contribution in [3.05, 3.63) is 0 Å². The first-order chi connectivity index (χ1) is 12.7. The lowest BCUT2D eigenvalue weighted by Gasteiger charge is -2.40. The standard InChI is InChI=1S/C18H36N4O3S2/c1-18(2,3)16-15(6-5-10-25-16)14-21-17(19-4)20-7-13-27(23,24)22-8-11-26-12-9-22/h15-16H,5-14H2,1-4H3,(H2,19,20,21). The number of hydrogen-bond acceptors (Lipinski definition) is 5. The van der Waals surface area contributed by atoms with Gasteiger partial charge >= 0.3 is 0 Å². The highest BCUT2D eigenvalue weighted by Gasteiger charge is 2.35. The Morgan fingerprint density at radius 2 is 1.96 bits per heavy atom. The molecule has 2 saturated heterocycles. The van der Waals surface area contributed by atoms with Crippen molar-refractivity contribution >= 4 is 27.7 Å². The van der Waals surface area contributed by atoms with Crippen molar-refractivity contribution in [3.8, 4) is 0 Å². The number of hydrogen-bond donors (Lipinski definition) is 2. The first-order valence-corrected chi connectivity index (χ1v) is 12.6. The summed E-state index contributed by atoms with van der Waals surface area (Å²) in [5, 5.41) is 6.50. The number of nitrogens with zero attached hydrogens (tertiary/aromatic N) is 2. The summed E-state index contributed by atoms with van der Waals surface area (Å²) in [6, 6.07) is 0. The molecule has 2 unspecified atom stereocenters. The van der Waals surface area contributed by atoms with Gasteiger partial charge in [0, 0.05) is 57.3 Å². The maximum absolute atomic E-state index is 12.4. The van der Waals surface area contributed by atoms with E-state index in [1.54, 1.807) is 11.4 Å². The van der Waals surface area contributed by atoms with Gasteiger partial charge in [-0.3, -0.25) is 4.99 Å². The van der Waals surface area contributed by atoms with E-state index in [0.717, 1.165) is 37.5 Å². The van der Waals surface area contributed by atoms with Crippen LogP contribution in [-0.2, 0) is 14.8 Å². The summed E-state index contributed by atoms with van der Waals surface area (Å²) in [5.41, 5.74) is 0.102. The smallest absolute Gasteiger partial charge is 0.215 e. The molecular weight excluding hydrogens is 384 g/mol. The molecule has 0 spiro atoms. The van der Waals surface area contributed by atoms with Gasteiger partial charge in [0.1, 0.15) is 0 Å². The number of aliphatic imine (C=N–C) groups is 1. The van der Waals surface area contributed by atoms with Gasteiger partial charge in [0.25, 0.3) is 0 Å². The Morgan fingerprint density at radius 3 is 2.59 bits per heavy atom. The van der Waals surface area contributed by atoms with E-state index >= 15 is 0 Å². The lowest BCUT2D eigenvalue weighted by Crippen LogP contribution is -2.48. The third-order valence-electron chi connectivity index (χ3n) is 5.07. The second kappa shape index (κ2) is 10.3. The van der Waals surface area contributed by atoms with Crippen LogP contribution in [0.25, 0.3) is 0 Å². The molecule has 0 radical (unpaired) electrons. The molecule has 2 rings (SSSR count). The van der Waals surface area contributed by atoms with Crippen LogP contribution in [0.1, 0.15) is 33.6 Å². The summed E-state index contributed by atoms with van der Waals surface area (Å²) < 4.78 is 32.5. The van der Waals surface area contributed by atoms with Crippen LogP contribution in [0.15, 0.2) is 4.99 Å². The van der Waals surface area contributed by atoms with E-state index in [2.05, 4.69) is 36.4 Å². The minimum atomic E-state index is -3.20. The van der Waals surface area contributed by atoms with Gasteiger partial charge in [-0.05, 0) is 18.3 Å². The van der Waals surface area contributed by atoms with E-state index in [1.165, 1.54) is 0 Å². The van der Waals surface area contributed by atoms with Crippen molar-refractivity contribution in [3.63, 3.8) is 0 Å². The molecule has 2 aliphatic heterocycles. The third kappa shape index (κ3) is 7.11. The molecule has 0 amide bonds. The highest BCUT2D eigenvalue weighted by atomic mass is 32.2. The predicted octanol–water partition coefficient (Wildman–Crippen LogP) is 1.37. The van der Waals surface area contributed by atoms with Gasteiger partial charge in [0.15, 0.2) is 5.96 Å². The molecule has 7 nitrogen and oxygen atoms in total. The molecule has 0 aromatic heterocycles. The molecule has 0 aromatic carbocycles. The van der Waals surface area contributed by atoms with E-state index in [9.17, 15) is 8.42 Å². The van der Waals surface area contributed by atoms with Crippen molar-refractivity contribution in [1.29, 1.82) is 0 Å². The van der Waals surface area contributed by atoms with Crippen molar-refractivity contribution < 1.29 is 13.2 Å². The van der Waals surface area contributed by atoms with Crippen LogP contribution >= 0.6 is 11.8 Å². The Labute approximate surface area is 169 Å². The van der Waals surface area contributed by atoms with Gasteiger partial charge in [0.05, 0.1) is 11.9 Å². The van der Waals surface area contributed by atoms with Crippen LogP contribution in [0, 0.1) is 11.3 Å². The first kappa shape index (κ1) is 22.8. The Hall–Kier alpha value is -0.510. The molecule has 2 heterocycles. The summed E-state index contributed by atoms with van der Waals surface area (Å²) in [4.78, 5) is 4.23. The van der Waals surface area contributed by atoms with Crippen molar-refractivity contribution in [2.45, 2.75) is 39.7 Å². The zero-order valence-electron chi connectivity index (χ0n) is 17.2. The maximum Gasteiger partial charge on any atom is 0.215 e. The number of guanidine groups is 1. The van der Waals surface area contributed by atoms with E-state index in [0.29, 0.717) is 31.5 Å². The highest BCUT2D eigenvalue weighted by molar-refractivity contribution is 7.99. The van der Waals surface area contributed by atoms with E-state index in [4.69, 9.17) is 4.74 Å². The fraction of sp³-hybridized carbons (Fsp3) is 0.944. The quantitative estimate of drug-likeness (QED) is 0.499. The van der Waals surface area contributed by atoms with E-state index < -0.39 is 10.0 Å². The van der Waals surface area contributed by atoms with Crippen molar-refractivity contribution in [1.82, 2.24) is 14.9 Å². The molecule has 0 bridgehead atoms. The predicted molar refractivity (Wildman–Crippen MR) is 114 cm³/mol. The lowest BCUT2D eigenvalue weighted by molar-refractivity contribution is -0.0835. The number of nitrogens with one attached hydrogen (secondary N) is 2. The van der Waals surface area contributed by atoms with Crippen molar-refractivity contribution in [2.75, 3.05) is 57.1 Å². The van der Waals surface area contributed by atoms with Crippen LogP contribution in [0.5, 0.6) is 0 Å². The van der Waals surface area contributed by atoms with Crippen molar-refractivity contribution in [2.24, 2.45) is 16.3 Å². The molecule has 0 aromatic rings. The van der Waals surface area contributed by atoms with Gasteiger partial charge in [-0.2, -0.15) is 11.8 Å². The summed E-state index contributed by atoms with van der Waals surface area (Å²) in [7, 11) is -1.48. The zero-order valence-corrected chi connectivity index (χ0v) is 18.8. The number of rotatable bonds is 6. The SMILES string of the molecule is CN=C(NCCS(=O)(=O)N1CCSCC1)NCC1CCCOC1C(C)(C)C. The Kier molecular flexibility index (Phi) is 8.70. The molecule has 158 valence electrons. The monoisotopic (exact) mass is 420 g/mol. The topological polar surface area (TPSA) is 83.0 Å². The molecular formula is C18H36N4O3S2. The second-order valence-electron chi connectivity index (χ2n) is 8.27. The molecule has 2 aliphatic rings. The van der Waals surface area contributed by atoms with Crippen LogP contribution in [0.4, 0.5) is 0 Å². The summed E-state index contributed by atoms with van der Waals surface area (Å²) in [6.07, 6.45) is 2.43. The summed E-state index contributed by atoms with van der Waals surface area (Å²) >= 11 is 1.81. The van der Waals surface area contributed by atoms with Gasteiger partial charge < -0.3 is 15.4 Å². The Balaban J connectivity index is 1.78. The van der Waals surface area contributed by atoms with Gasteiger partial charge in [0.2, 0.25) is 10.0 Å². The number of thioether (sulfide) groups is 1. The Morgan fingerprint density at radius 1 is 1.26 bits per heavy atom. The fourth-order valence-corrected chi connectivity index (χ4v) is 6.20. The van der Waals surface area contributed by atoms with Gasteiger partial charge in [-0.25, -0.2) is 12.7 Å². The van der Waals surface area contributed by atoms with Crippen LogP contribution in [-0.4, -0.2) is 81.9 Å². The minimum absolute atomic E-state index is 0.0928. The minimum Gasteiger partial charge on any atom is -0.377 e. The average molecular weight is 421 g/mol. The number of sulfonamides is 1. The summed E-state index contributed by atoms with van der Waals surface area (Å²) in [5.74, 6) is 2.93. The Bertz CT molecular complexity index is 584. The van der Waals surface area contributed by atoms with Crippen LogP contribution < -0.4 is 10.6 Å². The molecule has 0 saturated carbocycles. The second-order valence-corrected chi connectivity index (χ2v) is 11.6. The van der Waals surface area contributed by atoms with Gasteiger partial charge in [-0.15, -0.1) is 0 Å². The third-order valence-corrected chi connectivity index (χ3v) is 7.88. The lowest BCUT2D eigenvalue weighted by atomic mass is 9.78. The first-order valence-electron chi connectivity index (χ1n) is 9.86. The van der Waals surface area contributed by atoms with Crippen LogP contribution in [0.2, 0.25) is 0 Å². The normalized spacial score (nSPS) is 26.0. The van der Waals surface area contributed by atoms with Gasteiger partial charge in [-0.1, -0.05) is 20.8 Å². The molecule has 2 fully saturated rings. The van der Waals surface area contributed by atoms with E-state index in [-0.39, 0.29) is 17.3 Å². The summed E-state index contributed by atoms with van der Waals surface area (Å²) in [6.45, 7) is 9.85. The average Bonchev–Trinajstić information content (AvgIpc) is 2.64. The molecule has 27 heavy (non-hydrogen) atoms. The van der Waals surface area contributed by atoms with Crippen LogP contribution in [0.3, 0.4) is 0 Å². The highest BCUT2D eigenvalue weighted by Crippen LogP contribution is 2.33. The van der Waals surface area contributed by atoms with E-state index in [1.807, 2.05) is 11.8 Å². The largest absolute Gasteiger partial charge is 0.377 e.